The molecule has 2 aliphatic heterocycles. The van der Waals surface area contributed by atoms with Gasteiger partial charge in [-0.3, -0.25) is 14.3 Å². The number of nitrogens with zero attached hydrogens (tertiary/aromatic N) is 5. The number of anilines is 1. The molecule has 2 aromatic carbocycles. The first kappa shape index (κ1) is 30.1. The fourth-order valence-electron chi connectivity index (χ4n) is 6.55. The number of piperazine rings is 1. The smallest absolute Gasteiger partial charge is 0.383 e. The second-order valence-electron chi connectivity index (χ2n) is 11.1. The van der Waals surface area contributed by atoms with Gasteiger partial charge in [-0.25, -0.2) is 9.18 Å². The van der Waals surface area contributed by atoms with Crippen molar-refractivity contribution >= 4 is 45.2 Å². The van der Waals surface area contributed by atoms with E-state index in [4.69, 9.17) is 4.74 Å². The highest BCUT2D eigenvalue weighted by Gasteiger charge is 2.41. The van der Waals surface area contributed by atoms with E-state index in [-0.39, 0.29) is 81.4 Å². The highest BCUT2D eigenvalue weighted by Crippen LogP contribution is 2.51. The fraction of sp³-hybridized carbons (Fsp3) is 0.355. The third-order valence-electron chi connectivity index (χ3n) is 8.28. The normalized spacial score (nSPS) is 20.4. The van der Waals surface area contributed by atoms with Crippen molar-refractivity contribution in [2.75, 3.05) is 37.5 Å². The minimum atomic E-state index is -4.80. The molecular weight excluding hydrogens is 598 g/mol. The Bertz CT molecular complexity index is 1870. The van der Waals surface area contributed by atoms with Crippen molar-refractivity contribution in [3.8, 4) is 11.1 Å². The summed E-state index contributed by atoms with van der Waals surface area (Å²) in [6.45, 7) is 7.89. The van der Waals surface area contributed by atoms with Crippen LogP contribution in [0.5, 0.6) is 0 Å². The summed E-state index contributed by atoms with van der Waals surface area (Å²) in [5.41, 5.74) is -1.21. The average molecular weight is 628 g/mol. The lowest BCUT2D eigenvalue weighted by Crippen LogP contribution is -2.58. The van der Waals surface area contributed by atoms with Crippen LogP contribution in [0.3, 0.4) is 0 Å². The van der Waals surface area contributed by atoms with Gasteiger partial charge in [0.05, 0.1) is 23.7 Å². The van der Waals surface area contributed by atoms with Gasteiger partial charge in [0.1, 0.15) is 11.6 Å². The number of ether oxygens (including phenoxy) is 1. The number of methoxy groups -OCH3 is 1. The number of pyridine rings is 1. The number of carbonyl (C=O) groups excluding carboxylic acids is 1. The molecule has 4 heterocycles. The third kappa shape index (κ3) is 4.82. The van der Waals surface area contributed by atoms with Crippen molar-refractivity contribution < 1.29 is 27.1 Å². The molecule has 1 unspecified atom stereocenters. The van der Waals surface area contributed by atoms with Crippen molar-refractivity contribution in [3.63, 3.8) is 0 Å². The molecule has 4 aromatic rings. The lowest BCUT2D eigenvalue weighted by atomic mass is 9.92. The molecule has 0 saturated carbocycles. The molecule has 1 saturated heterocycles. The molecule has 1 fully saturated rings. The monoisotopic (exact) mass is 627 g/mol. The van der Waals surface area contributed by atoms with Crippen LogP contribution in [0.4, 0.5) is 23.4 Å². The molecule has 0 spiro atoms. The molecule has 13 heteroatoms. The van der Waals surface area contributed by atoms with Gasteiger partial charge in [-0.1, -0.05) is 12.6 Å². The van der Waals surface area contributed by atoms with Crippen LogP contribution in [0.1, 0.15) is 25.5 Å². The Morgan fingerprint density at radius 2 is 1.89 bits per heavy atom. The van der Waals surface area contributed by atoms with Crippen LogP contribution in [-0.4, -0.2) is 70.0 Å². The Kier molecular flexibility index (Phi) is 7.65. The van der Waals surface area contributed by atoms with Crippen molar-refractivity contribution in [2.45, 2.75) is 43.0 Å². The predicted octanol–water partition coefficient (Wildman–Crippen LogP) is 5.67. The number of rotatable bonds is 5. The van der Waals surface area contributed by atoms with E-state index in [9.17, 15) is 14.0 Å². The molecule has 8 nitrogen and oxygen atoms in total. The molecule has 0 radical (unpaired) electrons. The first-order valence-corrected chi connectivity index (χ1v) is 15.0. The highest BCUT2D eigenvalue weighted by molar-refractivity contribution is 7.99. The maximum Gasteiger partial charge on any atom is 0.417 e. The van der Waals surface area contributed by atoms with E-state index in [1.165, 1.54) is 54.0 Å². The summed E-state index contributed by atoms with van der Waals surface area (Å²) in [6.07, 6.45) is -0.840. The van der Waals surface area contributed by atoms with Gasteiger partial charge in [0.25, 0.3) is 0 Å². The zero-order chi connectivity index (χ0) is 31.5. The highest BCUT2D eigenvalue weighted by atomic mass is 32.2. The summed E-state index contributed by atoms with van der Waals surface area (Å²) in [4.78, 5) is 38.4. The zero-order valence-electron chi connectivity index (χ0n) is 24.2. The van der Waals surface area contributed by atoms with E-state index in [2.05, 4.69) is 16.5 Å². The Hall–Kier alpha value is -3.97. The van der Waals surface area contributed by atoms with Gasteiger partial charge in [-0.15, -0.1) is 11.8 Å². The number of halogens is 4. The number of carbonyl (C=O) groups is 1. The fourth-order valence-corrected chi connectivity index (χ4v) is 7.86. The second kappa shape index (κ2) is 11.2. The van der Waals surface area contributed by atoms with E-state index >= 15 is 13.2 Å². The van der Waals surface area contributed by atoms with Gasteiger partial charge >= 0.3 is 11.9 Å². The van der Waals surface area contributed by atoms with Crippen molar-refractivity contribution in [1.82, 2.24) is 19.4 Å². The summed E-state index contributed by atoms with van der Waals surface area (Å²) in [5.74, 6) is -0.451. The van der Waals surface area contributed by atoms with Crippen LogP contribution in [0.15, 0.2) is 59.0 Å². The SMILES string of the molecule is C=CC(=O)N1[C@H](C)CN(c2nc(=O)n3c4c(c(-c5ccc(F)c6ccncc56)c(C(F)(F)F)cc24)SCC3COC)C[C@@H]1C. The maximum absolute atomic E-state index is 15.1. The largest absolute Gasteiger partial charge is 0.417 e. The molecule has 230 valence electrons. The number of aromatic nitrogens is 3. The Morgan fingerprint density at radius 3 is 2.55 bits per heavy atom. The van der Waals surface area contributed by atoms with E-state index in [1.807, 2.05) is 13.8 Å². The topological polar surface area (TPSA) is 80.6 Å². The average Bonchev–Trinajstić information content (AvgIpc) is 2.98. The summed E-state index contributed by atoms with van der Waals surface area (Å²) >= 11 is 1.20. The maximum atomic E-state index is 15.1. The van der Waals surface area contributed by atoms with Crippen LogP contribution in [0.2, 0.25) is 0 Å². The summed E-state index contributed by atoms with van der Waals surface area (Å²) in [7, 11) is 1.49. The van der Waals surface area contributed by atoms with E-state index in [1.54, 1.807) is 9.80 Å². The van der Waals surface area contributed by atoms with Crippen LogP contribution in [0, 0.1) is 5.82 Å². The Morgan fingerprint density at radius 1 is 1.16 bits per heavy atom. The zero-order valence-corrected chi connectivity index (χ0v) is 25.0. The molecule has 0 aliphatic carbocycles. The minimum absolute atomic E-state index is 0.119. The minimum Gasteiger partial charge on any atom is -0.383 e. The standard InChI is InChI=1S/C31H29F4N5O3S/c1-5-25(41)39-16(2)12-38(13-17(39)3)29-21-10-23(31(33,34)35)26(20-6-7-24(32)19-8-9-36-11-22(19)20)28-27(21)40(30(42)37-29)18(14-43-4)15-44-28/h5-11,16-18H,1,12-15H2,2-4H3/t16-,17+,18?. The number of amides is 1. The van der Waals surface area contributed by atoms with Gasteiger partial charge in [-0.2, -0.15) is 18.2 Å². The molecule has 0 N–H and O–H groups in total. The van der Waals surface area contributed by atoms with Crippen LogP contribution < -0.4 is 10.6 Å². The third-order valence-corrected chi connectivity index (χ3v) is 9.51. The molecule has 1 amide bonds. The number of alkyl halides is 3. The molecule has 2 aliphatic rings. The molecule has 44 heavy (non-hydrogen) atoms. The summed E-state index contributed by atoms with van der Waals surface area (Å²) < 4.78 is 66.7. The number of benzene rings is 2. The number of hydrogen-bond donors (Lipinski definition) is 0. The Balaban J connectivity index is 1.69. The molecule has 3 atom stereocenters. The number of thioether (sulfide) groups is 1. The first-order valence-electron chi connectivity index (χ1n) is 14.0. The van der Waals surface area contributed by atoms with E-state index in [0.29, 0.717) is 5.52 Å². The summed E-state index contributed by atoms with van der Waals surface area (Å²) in [5, 5.41) is 0.525. The molecular formula is C31H29F4N5O3S. The number of hydrogen-bond acceptors (Lipinski definition) is 7. The van der Waals surface area contributed by atoms with Crippen molar-refractivity contribution in [3.05, 3.63) is 71.2 Å². The van der Waals surface area contributed by atoms with Gasteiger partial charge in [-0.05, 0) is 43.7 Å². The molecule has 2 aromatic heterocycles. The van der Waals surface area contributed by atoms with Gasteiger partial charge in [0.15, 0.2) is 0 Å². The van der Waals surface area contributed by atoms with Gasteiger partial charge < -0.3 is 14.5 Å². The molecule has 6 rings (SSSR count). The molecule has 0 bridgehead atoms. The van der Waals surface area contributed by atoms with Crippen molar-refractivity contribution in [1.29, 1.82) is 0 Å². The van der Waals surface area contributed by atoms with Crippen LogP contribution >= 0.6 is 11.8 Å². The predicted molar refractivity (Wildman–Crippen MR) is 162 cm³/mol. The quantitative estimate of drug-likeness (QED) is 0.208. The van der Waals surface area contributed by atoms with Gasteiger partial charge in [0, 0.05) is 77.0 Å². The lowest BCUT2D eigenvalue weighted by Gasteiger charge is -2.45. The van der Waals surface area contributed by atoms with Crippen LogP contribution in [-0.2, 0) is 15.7 Å². The van der Waals surface area contributed by atoms with Gasteiger partial charge in [0.2, 0.25) is 5.91 Å². The van der Waals surface area contributed by atoms with Crippen molar-refractivity contribution in [2.24, 2.45) is 0 Å². The summed E-state index contributed by atoms with van der Waals surface area (Å²) in [6, 6.07) is 3.81. The Labute approximate surface area is 254 Å². The van der Waals surface area contributed by atoms with Crippen LogP contribution in [0.25, 0.3) is 32.8 Å². The van der Waals surface area contributed by atoms with E-state index < -0.39 is 29.3 Å². The first-order chi connectivity index (χ1) is 21.0. The number of fused-ring (bicyclic) bond motifs is 1. The lowest BCUT2D eigenvalue weighted by molar-refractivity contribution is -0.137. The van der Waals surface area contributed by atoms with E-state index in [0.717, 1.165) is 12.1 Å². The second-order valence-corrected chi connectivity index (χ2v) is 12.1.